The lowest BCUT2D eigenvalue weighted by Crippen LogP contribution is -2.42. The molecule has 2 aliphatic heterocycles. The molecule has 0 spiro atoms. The van der Waals surface area contributed by atoms with Crippen molar-refractivity contribution in [3.8, 4) is 0 Å². The van der Waals surface area contributed by atoms with Gasteiger partial charge in [-0.3, -0.25) is 0 Å². The van der Waals surface area contributed by atoms with Gasteiger partial charge < -0.3 is 10.1 Å². The molecule has 2 rings (SSSR count). The summed E-state index contributed by atoms with van der Waals surface area (Å²) < 4.78 is 32.0. The summed E-state index contributed by atoms with van der Waals surface area (Å²) in [6.07, 6.45) is 3.41. The minimum Gasteiger partial charge on any atom is -0.381 e. The molecule has 0 aromatic rings. The van der Waals surface area contributed by atoms with Gasteiger partial charge in [0.2, 0.25) is 10.0 Å². The predicted molar refractivity (Wildman–Crippen MR) is 66.4 cm³/mol. The van der Waals surface area contributed by atoms with Gasteiger partial charge in [-0.25, -0.2) is 13.1 Å². The first-order valence-corrected chi connectivity index (χ1v) is 8.00. The Morgan fingerprint density at radius 3 is 2.65 bits per heavy atom. The number of rotatable bonds is 5. The minimum absolute atomic E-state index is 0.205. The largest absolute Gasteiger partial charge is 0.381 e. The molecule has 100 valence electrons. The zero-order chi connectivity index (χ0) is 12.1. The quantitative estimate of drug-likeness (QED) is 0.736. The van der Waals surface area contributed by atoms with Crippen LogP contribution in [0.3, 0.4) is 0 Å². The molecule has 2 saturated heterocycles. The fourth-order valence-corrected chi connectivity index (χ4v) is 3.93. The highest BCUT2D eigenvalue weighted by Gasteiger charge is 2.27. The number of nitrogens with one attached hydrogen (secondary N) is 2. The molecule has 17 heavy (non-hydrogen) atoms. The van der Waals surface area contributed by atoms with Crippen LogP contribution in [0.5, 0.6) is 0 Å². The van der Waals surface area contributed by atoms with E-state index in [-0.39, 0.29) is 5.25 Å². The van der Waals surface area contributed by atoms with Gasteiger partial charge in [-0.1, -0.05) is 0 Å². The van der Waals surface area contributed by atoms with E-state index >= 15 is 0 Å². The summed E-state index contributed by atoms with van der Waals surface area (Å²) in [5.41, 5.74) is 0. The topological polar surface area (TPSA) is 67.4 Å². The highest BCUT2D eigenvalue weighted by molar-refractivity contribution is 7.90. The van der Waals surface area contributed by atoms with Crippen molar-refractivity contribution in [1.29, 1.82) is 0 Å². The Morgan fingerprint density at radius 1 is 1.24 bits per heavy atom. The minimum atomic E-state index is -3.11. The molecule has 0 saturated carbocycles. The lowest BCUT2D eigenvalue weighted by Gasteiger charge is -2.23. The van der Waals surface area contributed by atoms with Gasteiger partial charge in [-0.2, -0.15) is 0 Å². The zero-order valence-corrected chi connectivity index (χ0v) is 11.0. The van der Waals surface area contributed by atoms with Crippen molar-refractivity contribution in [2.75, 3.05) is 32.8 Å². The predicted octanol–water partition coefficient (Wildman–Crippen LogP) is 0.0844. The molecule has 0 bridgehead atoms. The molecule has 2 N–H and O–H groups in total. The molecule has 0 radical (unpaired) electrons. The van der Waals surface area contributed by atoms with E-state index in [0.29, 0.717) is 12.5 Å². The summed E-state index contributed by atoms with van der Waals surface area (Å²) in [4.78, 5) is 0. The second-order valence-electron chi connectivity index (χ2n) is 4.91. The average molecular weight is 262 g/mol. The first-order chi connectivity index (χ1) is 8.18. The van der Waals surface area contributed by atoms with Crippen molar-refractivity contribution in [3.63, 3.8) is 0 Å². The Labute approximate surface area is 103 Å². The third-order valence-corrected chi connectivity index (χ3v) is 5.56. The number of ether oxygens (including phenoxy) is 1. The molecular formula is C11H22N2O3S. The molecular weight excluding hydrogens is 240 g/mol. The van der Waals surface area contributed by atoms with E-state index in [0.717, 1.165) is 52.0 Å². The summed E-state index contributed by atoms with van der Waals surface area (Å²) in [6.45, 7) is 3.78. The van der Waals surface area contributed by atoms with Gasteiger partial charge in [0.1, 0.15) is 0 Å². The van der Waals surface area contributed by atoms with E-state index in [1.807, 2.05) is 0 Å². The summed E-state index contributed by atoms with van der Waals surface area (Å²) in [5.74, 6) is 0.533. The van der Waals surface area contributed by atoms with Crippen LogP contribution in [0, 0.1) is 5.92 Å². The van der Waals surface area contributed by atoms with Gasteiger partial charge >= 0.3 is 0 Å². The van der Waals surface area contributed by atoms with Crippen LogP contribution in [0.1, 0.15) is 25.7 Å². The smallest absolute Gasteiger partial charge is 0.214 e. The summed E-state index contributed by atoms with van der Waals surface area (Å²) in [7, 11) is -3.11. The Hall–Kier alpha value is -0.170. The van der Waals surface area contributed by atoms with Crippen molar-refractivity contribution in [2.45, 2.75) is 30.9 Å². The second kappa shape index (κ2) is 6.13. The summed E-state index contributed by atoms with van der Waals surface area (Å²) in [5, 5.41) is 2.97. The lowest BCUT2D eigenvalue weighted by atomic mass is 10.1. The van der Waals surface area contributed by atoms with Crippen LogP contribution in [0.4, 0.5) is 0 Å². The Morgan fingerprint density at radius 2 is 2.00 bits per heavy atom. The normalized spacial score (nSPS) is 27.4. The molecule has 0 aromatic heterocycles. The number of piperidine rings is 1. The highest BCUT2D eigenvalue weighted by atomic mass is 32.2. The van der Waals surface area contributed by atoms with Crippen molar-refractivity contribution >= 4 is 10.0 Å². The average Bonchev–Trinajstić information content (AvgIpc) is 2.83. The van der Waals surface area contributed by atoms with Crippen LogP contribution in [0.25, 0.3) is 0 Å². The van der Waals surface area contributed by atoms with Crippen LogP contribution < -0.4 is 10.0 Å². The van der Waals surface area contributed by atoms with E-state index in [4.69, 9.17) is 4.74 Å². The van der Waals surface area contributed by atoms with E-state index in [2.05, 4.69) is 10.0 Å². The van der Waals surface area contributed by atoms with Crippen molar-refractivity contribution in [2.24, 2.45) is 5.92 Å². The fraction of sp³-hybridized carbons (Fsp3) is 1.00. The SMILES string of the molecule is O=S(=O)(NCCC1CCOC1)C1CCNCC1. The van der Waals surface area contributed by atoms with Gasteiger partial charge in [0.15, 0.2) is 0 Å². The molecule has 0 aliphatic carbocycles. The molecule has 2 fully saturated rings. The van der Waals surface area contributed by atoms with Crippen molar-refractivity contribution in [3.05, 3.63) is 0 Å². The Balaban J connectivity index is 1.72. The van der Waals surface area contributed by atoms with Crippen LogP contribution in [-0.2, 0) is 14.8 Å². The maximum Gasteiger partial charge on any atom is 0.214 e. The number of hydrogen-bond donors (Lipinski definition) is 2. The van der Waals surface area contributed by atoms with E-state index in [9.17, 15) is 8.42 Å². The van der Waals surface area contributed by atoms with Gasteiger partial charge in [-0.05, 0) is 44.7 Å². The van der Waals surface area contributed by atoms with Crippen LogP contribution in [0.2, 0.25) is 0 Å². The molecule has 5 nitrogen and oxygen atoms in total. The van der Waals surface area contributed by atoms with Gasteiger partial charge in [0, 0.05) is 19.8 Å². The van der Waals surface area contributed by atoms with Crippen LogP contribution in [-0.4, -0.2) is 46.5 Å². The molecule has 2 heterocycles. The first-order valence-electron chi connectivity index (χ1n) is 6.45. The monoisotopic (exact) mass is 262 g/mol. The van der Waals surface area contributed by atoms with Crippen molar-refractivity contribution in [1.82, 2.24) is 10.0 Å². The van der Waals surface area contributed by atoms with Gasteiger partial charge in [0.05, 0.1) is 5.25 Å². The maximum absolute atomic E-state index is 12.0. The number of hydrogen-bond acceptors (Lipinski definition) is 4. The third kappa shape index (κ3) is 3.91. The Kier molecular flexibility index (Phi) is 4.78. The zero-order valence-electron chi connectivity index (χ0n) is 10.2. The Bertz CT molecular complexity index is 320. The van der Waals surface area contributed by atoms with Gasteiger partial charge in [0.25, 0.3) is 0 Å². The summed E-state index contributed by atoms with van der Waals surface area (Å²) >= 11 is 0. The number of sulfonamides is 1. The molecule has 0 amide bonds. The first kappa shape index (κ1) is 13.3. The standard InChI is InChI=1S/C11H22N2O3S/c14-17(15,11-2-5-12-6-3-11)13-7-1-10-4-8-16-9-10/h10-13H,1-9H2. The summed E-state index contributed by atoms with van der Waals surface area (Å²) in [6, 6.07) is 0. The van der Waals surface area contributed by atoms with E-state index in [1.165, 1.54) is 0 Å². The van der Waals surface area contributed by atoms with E-state index < -0.39 is 10.0 Å². The molecule has 0 aromatic carbocycles. The van der Waals surface area contributed by atoms with Gasteiger partial charge in [-0.15, -0.1) is 0 Å². The molecule has 2 aliphatic rings. The second-order valence-corrected chi connectivity index (χ2v) is 6.95. The fourth-order valence-electron chi connectivity index (χ4n) is 2.44. The van der Waals surface area contributed by atoms with E-state index in [1.54, 1.807) is 0 Å². The molecule has 1 unspecified atom stereocenters. The van der Waals surface area contributed by atoms with Crippen LogP contribution >= 0.6 is 0 Å². The molecule has 1 atom stereocenters. The lowest BCUT2D eigenvalue weighted by molar-refractivity contribution is 0.184. The highest BCUT2D eigenvalue weighted by Crippen LogP contribution is 2.16. The maximum atomic E-state index is 12.0. The third-order valence-electron chi connectivity index (χ3n) is 3.60. The molecule has 6 heteroatoms. The van der Waals surface area contributed by atoms with Crippen LogP contribution in [0.15, 0.2) is 0 Å². The van der Waals surface area contributed by atoms with Crippen molar-refractivity contribution < 1.29 is 13.2 Å².